The molecule has 3 fully saturated rings. The van der Waals surface area contributed by atoms with Crippen LogP contribution in [0.2, 0.25) is 0 Å². The van der Waals surface area contributed by atoms with E-state index in [1.807, 2.05) is 71.5 Å². The van der Waals surface area contributed by atoms with Crippen LogP contribution in [-0.2, 0) is 9.59 Å². The molecule has 2 aromatic rings. The van der Waals surface area contributed by atoms with Crippen LogP contribution in [0.25, 0.3) is 0 Å². The number of hydrogen-bond acceptors (Lipinski definition) is 5. The highest BCUT2D eigenvalue weighted by Gasteiger charge is 2.59. The van der Waals surface area contributed by atoms with Crippen LogP contribution in [-0.4, -0.2) is 72.0 Å². The number of amides is 2. The maximum atomic E-state index is 13.2. The van der Waals surface area contributed by atoms with Gasteiger partial charge in [-0.3, -0.25) is 9.59 Å². The Morgan fingerprint density at radius 2 is 1.64 bits per heavy atom. The lowest BCUT2D eigenvalue weighted by Gasteiger charge is -2.37. The molecule has 2 amide bonds. The van der Waals surface area contributed by atoms with Crippen molar-refractivity contribution < 1.29 is 14.3 Å². The van der Waals surface area contributed by atoms with Crippen molar-refractivity contribution in [3.63, 3.8) is 0 Å². The fourth-order valence-electron chi connectivity index (χ4n) is 5.35. The summed E-state index contributed by atoms with van der Waals surface area (Å²) in [5.41, 5.74) is 0.0928. The predicted molar refractivity (Wildman–Crippen MR) is 126 cm³/mol. The minimum atomic E-state index is -0.506. The third kappa shape index (κ3) is 4.54. The van der Waals surface area contributed by atoms with Crippen LogP contribution in [0, 0.1) is 11.3 Å². The second-order valence-corrected chi connectivity index (χ2v) is 9.52. The van der Waals surface area contributed by atoms with Gasteiger partial charge in [0.2, 0.25) is 5.91 Å². The summed E-state index contributed by atoms with van der Waals surface area (Å²) >= 11 is 0. The quantitative estimate of drug-likeness (QED) is 0.704. The number of benzene rings is 1. The summed E-state index contributed by atoms with van der Waals surface area (Å²) < 4.78 is 5.82. The van der Waals surface area contributed by atoms with E-state index < -0.39 is 6.10 Å². The molecule has 1 aliphatic carbocycles. The molecule has 2 saturated heterocycles. The molecule has 1 spiro atoms. The van der Waals surface area contributed by atoms with Crippen LogP contribution in [0.3, 0.4) is 0 Å². The van der Waals surface area contributed by atoms with Crippen LogP contribution < -0.4 is 9.64 Å². The molecule has 0 unspecified atom stereocenters. The van der Waals surface area contributed by atoms with Crippen molar-refractivity contribution in [1.82, 2.24) is 14.8 Å². The summed E-state index contributed by atoms with van der Waals surface area (Å²) in [5, 5.41) is 0. The SMILES string of the molecule is C[C@H](Oc1ccccc1)C(=O)N1CCC2(CC1)C[C@H]2C(=O)N1CCN(c2ccccn2)CC1. The Morgan fingerprint density at radius 1 is 0.939 bits per heavy atom. The summed E-state index contributed by atoms with van der Waals surface area (Å²) in [5.74, 6) is 2.14. The van der Waals surface area contributed by atoms with Crippen molar-refractivity contribution in [2.24, 2.45) is 11.3 Å². The Bertz CT molecular complexity index is 968. The summed E-state index contributed by atoms with van der Waals surface area (Å²) in [6.45, 7) is 6.38. The number of piperidine rings is 1. The molecule has 1 aromatic heterocycles. The largest absolute Gasteiger partial charge is 0.481 e. The number of nitrogens with zero attached hydrogens (tertiary/aromatic N) is 4. The zero-order valence-corrected chi connectivity index (χ0v) is 19.2. The zero-order chi connectivity index (χ0) is 22.8. The highest BCUT2D eigenvalue weighted by atomic mass is 16.5. The van der Waals surface area contributed by atoms with Crippen molar-refractivity contribution in [1.29, 1.82) is 0 Å². The van der Waals surface area contributed by atoms with Gasteiger partial charge in [-0.15, -0.1) is 0 Å². The van der Waals surface area contributed by atoms with Crippen LogP contribution in [0.4, 0.5) is 5.82 Å². The number of hydrogen-bond donors (Lipinski definition) is 0. The maximum absolute atomic E-state index is 13.2. The Morgan fingerprint density at radius 3 is 2.30 bits per heavy atom. The normalized spacial score (nSPS) is 22.7. The monoisotopic (exact) mass is 448 g/mol. The number of aromatic nitrogens is 1. The molecule has 1 saturated carbocycles. The highest BCUT2D eigenvalue weighted by molar-refractivity contribution is 5.84. The highest BCUT2D eigenvalue weighted by Crippen LogP contribution is 2.60. The molecule has 0 radical (unpaired) electrons. The number of carbonyl (C=O) groups is 2. The van der Waals surface area contributed by atoms with Gasteiger partial charge in [0.05, 0.1) is 0 Å². The van der Waals surface area contributed by atoms with Gasteiger partial charge in [0.1, 0.15) is 11.6 Å². The molecule has 7 nitrogen and oxygen atoms in total. The number of para-hydroxylation sites is 1. The number of anilines is 1. The Hall–Kier alpha value is -3.09. The van der Waals surface area contributed by atoms with E-state index in [-0.39, 0.29) is 17.2 Å². The van der Waals surface area contributed by atoms with Gasteiger partial charge in [-0.05, 0) is 55.9 Å². The number of piperazine rings is 1. The molecule has 174 valence electrons. The van der Waals surface area contributed by atoms with E-state index in [0.29, 0.717) is 24.7 Å². The van der Waals surface area contributed by atoms with Gasteiger partial charge < -0.3 is 19.4 Å². The number of ether oxygens (including phenoxy) is 1. The predicted octanol–water partition coefficient (Wildman–Crippen LogP) is 2.83. The van der Waals surface area contributed by atoms with E-state index in [2.05, 4.69) is 9.88 Å². The molecule has 7 heteroatoms. The Balaban J connectivity index is 1.09. The molecule has 0 N–H and O–H groups in total. The smallest absolute Gasteiger partial charge is 0.263 e. The molecule has 33 heavy (non-hydrogen) atoms. The van der Waals surface area contributed by atoms with Crippen LogP contribution in [0.1, 0.15) is 26.2 Å². The van der Waals surface area contributed by atoms with Gasteiger partial charge in [0, 0.05) is 51.4 Å². The molecule has 2 atom stereocenters. The van der Waals surface area contributed by atoms with Crippen molar-refractivity contribution in [2.75, 3.05) is 44.2 Å². The fourth-order valence-corrected chi connectivity index (χ4v) is 5.35. The standard InChI is InChI=1S/C26H32N4O3/c1-20(33-21-7-3-2-4-8-21)24(31)29-13-10-26(11-14-29)19-22(26)25(32)30-17-15-28(16-18-30)23-9-5-6-12-27-23/h2-9,12,20,22H,10-11,13-19H2,1H3/t20-,22-/m0/s1. The van der Waals surface area contributed by atoms with Crippen LogP contribution >= 0.6 is 0 Å². The topological polar surface area (TPSA) is 66.0 Å². The lowest BCUT2D eigenvalue weighted by atomic mass is 9.90. The van der Waals surface area contributed by atoms with E-state index in [0.717, 1.165) is 51.3 Å². The van der Waals surface area contributed by atoms with E-state index >= 15 is 0 Å². The van der Waals surface area contributed by atoms with Crippen LogP contribution in [0.15, 0.2) is 54.7 Å². The molecule has 3 aliphatic rings. The molecule has 1 aromatic carbocycles. The molecular formula is C26H32N4O3. The molecule has 3 heterocycles. The van der Waals surface area contributed by atoms with E-state index in [4.69, 9.17) is 4.74 Å². The Labute approximate surface area is 195 Å². The first-order chi connectivity index (χ1) is 16.1. The fraction of sp³-hybridized carbons (Fsp3) is 0.500. The summed E-state index contributed by atoms with van der Waals surface area (Å²) in [4.78, 5) is 36.7. The second-order valence-electron chi connectivity index (χ2n) is 9.52. The second kappa shape index (κ2) is 9.04. The minimum Gasteiger partial charge on any atom is -0.481 e. The molecule has 2 aliphatic heterocycles. The summed E-state index contributed by atoms with van der Waals surface area (Å²) in [7, 11) is 0. The molecule has 5 rings (SSSR count). The number of rotatable bonds is 5. The third-order valence-corrected chi connectivity index (χ3v) is 7.53. The minimum absolute atomic E-state index is 0.0304. The third-order valence-electron chi connectivity index (χ3n) is 7.53. The van der Waals surface area contributed by atoms with Gasteiger partial charge >= 0.3 is 0 Å². The van der Waals surface area contributed by atoms with Gasteiger partial charge in [-0.1, -0.05) is 24.3 Å². The van der Waals surface area contributed by atoms with E-state index in [9.17, 15) is 9.59 Å². The van der Waals surface area contributed by atoms with Gasteiger partial charge in [-0.25, -0.2) is 4.98 Å². The van der Waals surface area contributed by atoms with Crippen molar-refractivity contribution in [3.8, 4) is 5.75 Å². The first-order valence-electron chi connectivity index (χ1n) is 12.0. The lowest BCUT2D eigenvalue weighted by molar-refractivity contribution is -0.140. The maximum Gasteiger partial charge on any atom is 0.263 e. The number of carbonyl (C=O) groups excluding carboxylic acids is 2. The first kappa shape index (κ1) is 21.7. The van der Waals surface area contributed by atoms with Gasteiger partial charge in [0.15, 0.2) is 6.10 Å². The molecular weight excluding hydrogens is 416 g/mol. The first-order valence-corrected chi connectivity index (χ1v) is 12.0. The van der Waals surface area contributed by atoms with E-state index in [1.54, 1.807) is 0 Å². The van der Waals surface area contributed by atoms with E-state index in [1.165, 1.54) is 0 Å². The Kier molecular flexibility index (Phi) is 5.96. The van der Waals surface area contributed by atoms with Crippen LogP contribution in [0.5, 0.6) is 5.75 Å². The van der Waals surface area contributed by atoms with Crippen molar-refractivity contribution in [2.45, 2.75) is 32.3 Å². The average Bonchev–Trinajstić information content (AvgIpc) is 3.57. The number of likely N-dealkylation sites (tertiary alicyclic amines) is 1. The summed E-state index contributed by atoms with van der Waals surface area (Å²) in [6, 6.07) is 15.4. The van der Waals surface area contributed by atoms with Crippen molar-refractivity contribution >= 4 is 17.6 Å². The average molecular weight is 449 g/mol. The summed E-state index contributed by atoms with van der Waals surface area (Å²) in [6.07, 6.45) is 4.08. The molecule has 0 bridgehead atoms. The number of pyridine rings is 1. The lowest BCUT2D eigenvalue weighted by Crippen LogP contribution is -2.50. The zero-order valence-electron chi connectivity index (χ0n) is 19.2. The van der Waals surface area contributed by atoms with Gasteiger partial charge in [-0.2, -0.15) is 0 Å². The van der Waals surface area contributed by atoms with Crippen molar-refractivity contribution in [3.05, 3.63) is 54.7 Å². The van der Waals surface area contributed by atoms with Gasteiger partial charge in [0.25, 0.3) is 5.91 Å².